The number of likely N-dealkylation sites (tertiary alicyclic amines) is 2. The van der Waals surface area contributed by atoms with Crippen LogP contribution in [0.5, 0.6) is 0 Å². The van der Waals surface area contributed by atoms with E-state index in [-0.39, 0.29) is 17.7 Å². The number of piperidine rings is 2. The summed E-state index contributed by atoms with van der Waals surface area (Å²) in [6.07, 6.45) is 5.88. The van der Waals surface area contributed by atoms with E-state index in [1.165, 1.54) is 19.4 Å². The largest absolute Gasteiger partial charge is 0.356 e. The minimum absolute atomic E-state index is 0.00401. The molecule has 2 aliphatic heterocycles. The maximum absolute atomic E-state index is 12.5. The van der Waals surface area contributed by atoms with Gasteiger partial charge in [-0.15, -0.1) is 0 Å². The molecule has 3 rings (SSSR count). The molecular formula is C19H33N3O2. The molecule has 0 aromatic rings. The lowest BCUT2D eigenvalue weighted by atomic mass is 9.94. The smallest absolute Gasteiger partial charge is 0.224 e. The zero-order chi connectivity index (χ0) is 17.1. The number of hydrogen-bond donors (Lipinski definition) is 1. The standard InChI is InChI=1S/C19H33N3O2/c1-14(2)12-21-9-7-15(8-10-21)11-20-19(24)16-3-6-18(23)22(13-16)17-4-5-17/h14-17H,3-13H2,1-2H3,(H,20,24)/t16-/m0/s1. The first kappa shape index (κ1) is 17.7. The zero-order valence-corrected chi connectivity index (χ0v) is 15.3. The van der Waals surface area contributed by atoms with Crippen molar-refractivity contribution in [1.29, 1.82) is 0 Å². The van der Waals surface area contributed by atoms with Crippen molar-refractivity contribution in [3.63, 3.8) is 0 Å². The molecule has 2 heterocycles. The maximum atomic E-state index is 12.5. The van der Waals surface area contributed by atoms with Gasteiger partial charge in [0.05, 0.1) is 5.92 Å². The van der Waals surface area contributed by atoms with Crippen LogP contribution in [0, 0.1) is 17.8 Å². The van der Waals surface area contributed by atoms with Crippen LogP contribution < -0.4 is 5.32 Å². The molecule has 3 fully saturated rings. The van der Waals surface area contributed by atoms with Crippen LogP contribution in [0.3, 0.4) is 0 Å². The van der Waals surface area contributed by atoms with Crippen LogP contribution in [0.1, 0.15) is 52.4 Å². The summed E-state index contributed by atoms with van der Waals surface area (Å²) in [7, 11) is 0. The molecule has 24 heavy (non-hydrogen) atoms. The van der Waals surface area contributed by atoms with E-state index in [0.717, 1.165) is 44.8 Å². The molecular weight excluding hydrogens is 302 g/mol. The van der Waals surface area contributed by atoms with Gasteiger partial charge in [0.2, 0.25) is 11.8 Å². The second kappa shape index (κ2) is 7.85. The van der Waals surface area contributed by atoms with Gasteiger partial charge in [0.25, 0.3) is 0 Å². The van der Waals surface area contributed by atoms with Gasteiger partial charge in [0.1, 0.15) is 0 Å². The van der Waals surface area contributed by atoms with Crippen molar-refractivity contribution < 1.29 is 9.59 Å². The van der Waals surface area contributed by atoms with E-state index in [2.05, 4.69) is 24.1 Å². The molecule has 0 aromatic carbocycles. The number of hydrogen-bond acceptors (Lipinski definition) is 3. The van der Waals surface area contributed by atoms with Crippen LogP contribution in [0.4, 0.5) is 0 Å². The molecule has 1 N–H and O–H groups in total. The minimum atomic E-state index is 0.00401. The molecule has 3 aliphatic rings. The molecule has 0 unspecified atom stereocenters. The van der Waals surface area contributed by atoms with Crippen molar-refractivity contribution in [3.05, 3.63) is 0 Å². The van der Waals surface area contributed by atoms with Crippen LogP contribution >= 0.6 is 0 Å². The molecule has 1 aliphatic carbocycles. The fraction of sp³-hybridized carbons (Fsp3) is 0.895. The molecule has 5 heteroatoms. The fourth-order valence-corrected chi connectivity index (χ4v) is 4.10. The molecule has 0 radical (unpaired) electrons. The van der Waals surface area contributed by atoms with Gasteiger partial charge in [-0.1, -0.05) is 13.8 Å². The Balaban J connectivity index is 1.37. The molecule has 2 saturated heterocycles. The predicted octanol–water partition coefficient (Wildman–Crippen LogP) is 1.87. The van der Waals surface area contributed by atoms with Crippen molar-refractivity contribution in [2.75, 3.05) is 32.7 Å². The van der Waals surface area contributed by atoms with Crippen molar-refractivity contribution in [2.45, 2.75) is 58.4 Å². The van der Waals surface area contributed by atoms with Crippen LogP contribution in [0.25, 0.3) is 0 Å². The van der Waals surface area contributed by atoms with Crippen molar-refractivity contribution in [3.8, 4) is 0 Å². The Kier molecular flexibility index (Phi) is 5.80. The first-order chi connectivity index (χ1) is 11.5. The molecule has 2 amide bonds. The van der Waals surface area contributed by atoms with E-state index < -0.39 is 0 Å². The SMILES string of the molecule is CC(C)CN1CCC(CNC(=O)[C@H]2CCC(=O)N(C3CC3)C2)CC1. The lowest BCUT2D eigenvalue weighted by Gasteiger charge is -2.34. The van der Waals surface area contributed by atoms with Crippen LogP contribution in [0.2, 0.25) is 0 Å². The Bertz CT molecular complexity index is 454. The van der Waals surface area contributed by atoms with Gasteiger partial charge in [0, 0.05) is 32.1 Å². The molecule has 1 saturated carbocycles. The average molecular weight is 335 g/mol. The molecule has 0 spiro atoms. The third-order valence-electron chi connectivity index (χ3n) is 5.70. The number of carbonyl (C=O) groups excluding carboxylic acids is 2. The van der Waals surface area contributed by atoms with Crippen LogP contribution in [-0.2, 0) is 9.59 Å². The van der Waals surface area contributed by atoms with E-state index >= 15 is 0 Å². The summed E-state index contributed by atoms with van der Waals surface area (Å²) in [4.78, 5) is 28.9. The fourth-order valence-electron chi connectivity index (χ4n) is 4.10. The normalized spacial score (nSPS) is 26.9. The first-order valence-electron chi connectivity index (χ1n) is 9.82. The monoisotopic (exact) mass is 335 g/mol. The van der Waals surface area contributed by atoms with Crippen LogP contribution in [0.15, 0.2) is 0 Å². The second-order valence-electron chi connectivity index (χ2n) is 8.40. The van der Waals surface area contributed by atoms with Gasteiger partial charge in [-0.3, -0.25) is 9.59 Å². The summed E-state index contributed by atoms with van der Waals surface area (Å²) in [5.41, 5.74) is 0. The summed E-state index contributed by atoms with van der Waals surface area (Å²) >= 11 is 0. The van der Waals surface area contributed by atoms with Crippen molar-refractivity contribution in [1.82, 2.24) is 15.1 Å². The highest BCUT2D eigenvalue weighted by molar-refractivity contribution is 5.84. The van der Waals surface area contributed by atoms with Crippen LogP contribution in [-0.4, -0.2) is 60.4 Å². The number of amides is 2. The Morgan fingerprint density at radius 3 is 2.50 bits per heavy atom. The number of nitrogens with zero attached hydrogens (tertiary/aromatic N) is 2. The Morgan fingerprint density at radius 1 is 1.17 bits per heavy atom. The lowest BCUT2D eigenvalue weighted by Crippen LogP contribution is -2.47. The van der Waals surface area contributed by atoms with E-state index in [9.17, 15) is 9.59 Å². The number of rotatable bonds is 6. The third-order valence-corrected chi connectivity index (χ3v) is 5.70. The van der Waals surface area contributed by atoms with Gasteiger partial charge in [0.15, 0.2) is 0 Å². The highest BCUT2D eigenvalue weighted by atomic mass is 16.2. The molecule has 1 atom stereocenters. The van der Waals surface area contributed by atoms with E-state index in [0.29, 0.717) is 24.9 Å². The molecule has 5 nitrogen and oxygen atoms in total. The topological polar surface area (TPSA) is 52.7 Å². The van der Waals surface area contributed by atoms with E-state index in [1.807, 2.05) is 4.90 Å². The van der Waals surface area contributed by atoms with E-state index in [4.69, 9.17) is 0 Å². The minimum Gasteiger partial charge on any atom is -0.356 e. The Labute approximate surface area is 146 Å². The first-order valence-corrected chi connectivity index (χ1v) is 9.82. The quantitative estimate of drug-likeness (QED) is 0.806. The van der Waals surface area contributed by atoms with Gasteiger partial charge < -0.3 is 15.1 Å². The summed E-state index contributed by atoms with van der Waals surface area (Å²) < 4.78 is 0. The predicted molar refractivity (Wildman–Crippen MR) is 94.5 cm³/mol. The second-order valence-corrected chi connectivity index (χ2v) is 8.40. The summed E-state index contributed by atoms with van der Waals surface area (Å²) in [6.45, 7) is 9.49. The highest BCUT2D eigenvalue weighted by Gasteiger charge is 2.38. The van der Waals surface area contributed by atoms with Gasteiger partial charge >= 0.3 is 0 Å². The van der Waals surface area contributed by atoms with Crippen molar-refractivity contribution in [2.24, 2.45) is 17.8 Å². The number of carbonyl (C=O) groups is 2. The zero-order valence-electron chi connectivity index (χ0n) is 15.3. The van der Waals surface area contributed by atoms with E-state index in [1.54, 1.807) is 0 Å². The third kappa shape index (κ3) is 4.71. The number of nitrogens with one attached hydrogen (secondary N) is 1. The molecule has 0 bridgehead atoms. The average Bonchev–Trinajstić information content (AvgIpc) is 3.38. The molecule has 0 aromatic heterocycles. The Morgan fingerprint density at radius 2 is 1.88 bits per heavy atom. The summed E-state index contributed by atoms with van der Waals surface area (Å²) in [5.74, 6) is 1.76. The Hall–Kier alpha value is -1.10. The van der Waals surface area contributed by atoms with Gasteiger partial charge in [-0.2, -0.15) is 0 Å². The maximum Gasteiger partial charge on any atom is 0.224 e. The van der Waals surface area contributed by atoms with Crippen molar-refractivity contribution >= 4 is 11.8 Å². The summed E-state index contributed by atoms with van der Waals surface area (Å²) in [5, 5.41) is 3.18. The summed E-state index contributed by atoms with van der Waals surface area (Å²) in [6, 6.07) is 0.429. The van der Waals surface area contributed by atoms with Gasteiger partial charge in [-0.05, 0) is 57.0 Å². The highest BCUT2D eigenvalue weighted by Crippen LogP contribution is 2.31. The lowest BCUT2D eigenvalue weighted by molar-refractivity contribution is -0.138. The van der Waals surface area contributed by atoms with Gasteiger partial charge in [-0.25, -0.2) is 0 Å². The molecule has 136 valence electrons.